The quantitative estimate of drug-likeness (QED) is 0.854. The molecule has 0 aromatic carbocycles. The summed E-state index contributed by atoms with van der Waals surface area (Å²) in [5, 5.41) is 3.93. The number of hydrogen-bond acceptors (Lipinski definition) is 3. The van der Waals surface area contributed by atoms with Gasteiger partial charge in [0.1, 0.15) is 12.0 Å². The van der Waals surface area contributed by atoms with Crippen molar-refractivity contribution in [2.45, 2.75) is 0 Å². The Morgan fingerprint density at radius 3 is 2.79 bits per heavy atom. The number of nitrogens with zero attached hydrogens (tertiary/aromatic N) is 2. The van der Waals surface area contributed by atoms with E-state index >= 15 is 0 Å². The molecule has 14 heavy (non-hydrogen) atoms. The average Bonchev–Trinajstić information content (AvgIpc) is 2.66. The fraction of sp³-hybridized carbons (Fsp3) is 0.125. The summed E-state index contributed by atoms with van der Waals surface area (Å²) >= 11 is 3.12. The molecular weight excluding hydrogens is 253 g/mol. The van der Waals surface area contributed by atoms with Gasteiger partial charge in [-0.15, -0.1) is 0 Å². The Hall–Kier alpha value is -1.30. The van der Waals surface area contributed by atoms with E-state index in [0.717, 1.165) is 0 Å². The van der Waals surface area contributed by atoms with Gasteiger partial charge in [0, 0.05) is 18.7 Å². The molecule has 0 fully saturated rings. The van der Waals surface area contributed by atoms with Gasteiger partial charge in [-0.3, -0.25) is 0 Å². The summed E-state index contributed by atoms with van der Waals surface area (Å²) < 4.78 is 20.2. The zero-order valence-electron chi connectivity index (χ0n) is 7.29. The lowest BCUT2D eigenvalue weighted by Gasteiger charge is -1.88. The third-order valence-corrected chi connectivity index (χ3v) is 2.29. The summed E-state index contributed by atoms with van der Waals surface area (Å²) in [6, 6.07) is 1.63. The van der Waals surface area contributed by atoms with Crippen LogP contribution in [0.3, 0.4) is 0 Å². The first-order valence-electron chi connectivity index (χ1n) is 3.82. The topological polar surface area (TPSA) is 57.0 Å². The van der Waals surface area contributed by atoms with E-state index < -0.39 is 5.82 Å². The van der Waals surface area contributed by atoms with E-state index in [1.807, 2.05) is 0 Å². The molecule has 4 nitrogen and oxygen atoms in total. The van der Waals surface area contributed by atoms with Gasteiger partial charge in [-0.1, -0.05) is 0 Å². The molecule has 2 N–H and O–H groups in total. The van der Waals surface area contributed by atoms with Crippen LogP contribution in [-0.2, 0) is 7.05 Å². The molecule has 6 heteroatoms. The lowest BCUT2D eigenvalue weighted by atomic mass is 10.2. The first-order valence-corrected chi connectivity index (χ1v) is 4.61. The molecule has 0 saturated carbocycles. The van der Waals surface area contributed by atoms with Crippen molar-refractivity contribution in [2.75, 3.05) is 5.73 Å². The molecule has 0 spiro atoms. The van der Waals surface area contributed by atoms with Crippen molar-refractivity contribution >= 4 is 21.7 Å². The third kappa shape index (κ3) is 1.31. The highest BCUT2D eigenvalue weighted by Crippen LogP contribution is 2.28. The standard InChI is InChI=1S/C8H7BrFN3O/c1-13-8(11)6(10)7(12-13)4-2-5(9)14-3-4/h2-3H,11H2,1H3. The molecule has 0 aliphatic rings. The predicted molar refractivity (Wildman–Crippen MR) is 53.0 cm³/mol. The van der Waals surface area contributed by atoms with Gasteiger partial charge in [-0.2, -0.15) is 5.10 Å². The van der Waals surface area contributed by atoms with Gasteiger partial charge in [-0.05, 0) is 15.9 Å². The maximum atomic E-state index is 13.5. The minimum atomic E-state index is -0.527. The summed E-state index contributed by atoms with van der Waals surface area (Å²) in [5.74, 6) is -0.516. The molecule has 0 atom stereocenters. The lowest BCUT2D eigenvalue weighted by Crippen LogP contribution is -1.97. The second kappa shape index (κ2) is 3.13. The van der Waals surface area contributed by atoms with Crippen LogP contribution in [0.25, 0.3) is 11.3 Å². The van der Waals surface area contributed by atoms with Crippen molar-refractivity contribution in [1.82, 2.24) is 9.78 Å². The van der Waals surface area contributed by atoms with E-state index in [9.17, 15) is 4.39 Å². The SMILES string of the molecule is Cn1nc(-c2coc(Br)c2)c(F)c1N. The normalized spacial score (nSPS) is 10.8. The molecule has 0 saturated heterocycles. The lowest BCUT2D eigenvalue weighted by molar-refractivity contribution is 0.541. The maximum Gasteiger partial charge on any atom is 0.192 e. The molecule has 0 bridgehead atoms. The summed E-state index contributed by atoms with van der Waals surface area (Å²) in [6.07, 6.45) is 1.41. The molecule has 2 heterocycles. The zero-order valence-corrected chi connectivity index (χ0v) is 8.88. The molecule has 2 rings (SSSR count). The summed E-state index contributed by atoms with van der Waals surface area (Å²) in [4.78, 5) is 0. The summed E-state index contributed by atoms with van der Waals surface area (Å²) in [6.45, 7) is 0. The van der Waals surface area contributed by atoms with Crippen LogP contribution in [0.1, 0.15) is 0 Å². The molecule has 0 unspecified atom stereocenters. The van der Waals surface area contributed by atoms with Crippen LogP contribution in [0.2, 0.25) is 0 Å². The molecule has 0 amide bonds. The molecule has 0 aliphatic carbocycles. The van der Waals surface area contributed by atoms with E-state index in [4.69, 9.17) is 10.2 Å². The van der Waals surface area contributed by atoms with Crippen molar-refractivity contribution < 1.29 is 8.81 Å². The zero-order chi connectivity index (χ0) is 10.3. The minimum Gasteiger partial charge on any atom is -0.457 e. The van der Waals surface area contributed by atoms with Crippen LogP contribution in [-0.4, -0.2) is 9.78 Å². The number of anilines is 1. The molecule has 0 aliphatic heterocycles. The monoisotopic (exact) mass is 259 g/mol. The second-order valence-electron chi connectivity index (χ2n) is 2.81. The molecule has 0 radical (unpaired) electrons. The van der Waals surface area contributed by atoms with E-state index in [0.29, 0.717) is 10.2 Å². The maximum absolute atomic E-state index is 13.5. The number of aryl methyl sites for hydroxylation is 1. The van der Waals surface area contributed by atoms with E-state index in [1.54, 1.807) is 13.1 Å². The van der Waals surface area contributed by atoms with Gasteiger partial charge in [-0.25, -0.2) is 9.07 Å². The van der Waals surface area contributed by atoms with Crippen molar-refractivity contribution in [3.8, 4) is 11.3 Å². The fourth-order valence-corrected chi connectivity index (χ4v) is 1.47. The molecule has 2 aromatic rings. The van der Waals surface area contributed by atoms with Crippen molar-refractivity contribution in [3.05, 3.63) is 22.8 Å². The Bertz CT molecular complexity index is 477. The van der Waals surface area contributed by atoms with Crippen LogP contribution >= 0.6 is 15.9 Å². The van der Waals surface area contributed by atoms with Crippen LogP contribution < -0.4 is 5.73 Å². The Balaban J connectivity index is 2.57. The number of halogens is 2. The van der Waals surface area contributed by atoms with Crippen molar-refractivity contribution in [2.24, 2.45) is 7.05 Å². The first kappa shape index (κ1) is 9.26. The summed E-state index contributed by atoms with van der Waals surface area (Å²) in [5.41, 5.74) is 6.18. The Morgan fingerprint density at radius 1 is 1.64 bits per heavy atom. The third-order valence-electron chi connectivity index (χ3n) is 1.87. The van der Waals surface area contributed by atoms with Gasteiger partial charge in [0.25, 0.3) is 0 Å². The Morgan fingerprint density at radius 2 is 2.36 bits per heavy atom. The van der Waals surface area contributed by atoms with E-state index in [-0.39, 0.29) is 11.5 Å². The predicted octanol–water partition coefficient (Wildman–Crippen LogP) is 2.16. The van der Waals surface area contributed by atoms with Gasteiger partial charge in [0.05, 0.1) is 0 Å². The number of nitrogens with two attached hydrogens (primary N) is 1. The molecule has 74 valence electrons. The first-order chi connectivity index (χ1) is 6.59. The number of furan rings is 1. The average molecular weight is 260 g/mol. The minimum absolute atomic E-state index is 0.0114. The number of aromatic nitrogens is 2. The number of hydrogen-bond donors (Lipinski definition) is 1. The van der Waals surface area contributed by atoms with E-state index in [2.05, 4.69) is 21.0 Å². The highest BCUT2D eigenvalue weighted by molar-refractivity contribution is 9.10. The highest BCUT2D eigenvalue weighted by atomic mass is 79.9. The van der Waals surface area contributed by atoms with Gasteiger partial charge < -0.3 is 10.2 Å². The van der Waals surface area contributed by atoms with Gasteiger partial charge >= 0.3 is 0 Å². The Kier molecular flexibility index (Phi) is 2.07. The molecular formula is C8H7BrFN3O. The molecule has 2 aromatic heterocycles. The highest BCUT2D eigenvalue weighted by Gasteiger charge is 2.16. The summed E-state index contributed by atoms with van der Waals surface area (Å²) in [7, 11) is 1.58. The van der Waals surface area contributed by atoms with Crippen molar-refractivity contribution in [3.63, 3.8) is 0 Å². The van der Waals surface area contributed by atoms with Gasteiger partial charge in [0.15, 0.2) is 16.3 Å². The van der Waals surface area contributed by atoms with Crippen LogP contribution in [0.15, 0.2) is 21.4 Å². The largest absolute Gasteiger partial charge is 0.457 e. The van der Waals surface area contributed by atoms with Crippen LogP contribution in [0.5, 0.6) is 0 Å². The number of rotatable bonds is 1. The van der Waals surface area contributed by atoms with Gasteiger partial charge in [0.2, 0.25) is 0 Å². The smallest absolute Gasteiger partial charge is 0.192 e. The second-order valence-corrected chi connectivity index (χ2v) is 3.59. The number of nitrogen functional groups attached to an aromatic ring is 1. The van der Waals surface area contributed by atoms with Crippen LogP contribution in [0.4, 0.5) is 10.2 Å². The van der Waals surface area contributed by atoms with Crippen LogP contribution in [0, 0.1) is 5.82 Å². The van der Waals surface area contributed by atoms with Crippen molar-refractivity contribution in [1.29, 1.82) is 0 Å². The fourth-order valence-electron chi connectivity index (χ4n) is 1.13. The van der Waals surface area contributed by atoms with E-state index in [1.165, 1.54) is 10.9 Å². The Labute approximate surface area is 87.6 Å².